The molecular weight excluding hydrogens is 254 g/mol. The lowest BCUT2D eigenvalue weighted by molar-refractivity contribution is 0.298. The fraction of sp³-hybridized carbons (Fsp3) is 0.700. The van der Waals surface area contributed by atoms with Crippen molar-refractivity contribution in [1.82, 2.24) is 5.32 Å². The summed E-state index contributed by atoms with van der Waals surface area (Å²) in [6.45, 7) is 5.62. The molecule has 4 atom stereocenters. The highest BCUT2D eigenvalue weighted by Gasteiger charge is 2.39. The average molecular weight is 285 g/mol. The Bertz CT molecular complexity index is 425. The van der Waals surface area contributed by atoms with Crippen LogP contribution in [0.4, 0.5) is 0 Å². The largest absolute Gasteiger partial charge is 0.314 e. The third kappa shape index (κ3) is 3.88. The van der Waals surface area contributed by atoms with Gasteiger partial charge in [0.25, 0.3) is 0 Å². The summed E-state index contributed by atoms with van der Waals surface area (Å²) < 4.78 is 0. The Labute approximate surface area is 130 Å². The van der Waals surface area contributed by atoms with Gasteiger partial charge < -0.3 is 5.32 Å². The zero-order valence-electron chi connectivity index (χ0n) is 13.7. The van der Waals surface area contributed by atoms with E-state index in [1.165, 1.54) is 37.7 Å². The molecule has 2 saturated carbocycles. The maximum Gasteiger partial charge on any atom is 0.00225 e. The molecule has 1 heteroatoms. The van der Waals surface area contributed by atoms with Gasteiger partial charge in [0.1, 0.15) is 0 Å². The second kappa shape index (κ2) is 6.96. The van der Waals surface area contributed by atoms with Crippen LogP contribution < -0.4 is 5.32 Å². The number of nitrogens with one attached hydrogen (secondary N) is 1. The molecule has 1 aromatic carbocycles. The van der Waals surface area contributed by atoms with Crippen LogP contribution in [0.5, 0.6) is 0 Å². The van der Waals surface area contributed by atoms with E-state index in [0.29, 0.717) is 12.0 Å². The molecule has 3 rings (SSSR count). The van der Waals surface area contributed by atoms with Crippen LogP contribution in [0.25, 0.3) is 0 Å². The van der Waals surface area contributed by atoms with Crippen molar-refractivity contribution in [2.45, 2.75) is 64.3 Å². The summed E-state index contributed by atoms with van der Waals surface area (Å²) in [5.74, 6) is 3.88. The molecule has 0 spiro atoms. The van der Waals surface area contributed by atoms with Crippen LogP contribution in [-0.2, 0) is 0 Å². The van der Waals surface area contributed by atoms with Crippen molar-refractivity contribution in [3.8, 4) is 0 Å². The van der Waals surface area contributed by atoms with Gasteiger partial charge in [-0.3, -0.25) is 0 Å². The van der Waals surface area contributed by atoms with Crippen molar-refractivity contribution in [2.75, 3.05) is 6.54 Å². The summed E-state index contributed by atoms with van der Waals surface area (Å²) >= 11 is 0. The molecule has 0 radical (unpaired) electrons. The third-order valence-electron chi connectivity index (χ3n) is 5.81. The van der Waals surface area contributed by atoms with Gasteiger partial charge in [-0.2, -0.15) is 0 Å². The van der Waals surface area contributed by atoms with Gasteiger partial charge >= 0.3 is 0 Å². The summed E-state index contributed by atoms with van der Waals surface area (Å²) in [5.41, 5.74) is 1.52. The maximum absolute atomic E-state index is 3.65. The van der Waals surface area contributed by atoms with Crippen molar-refractivity contribution in [3.05, 3.63) is 35.9 Å². The zero-order chi connectivity index (χ0) is 14.7. The van der Waals surface area contributed by atoms with Crippen LogP contribution in [0.15, 0.2) is 30.3 Å². The number of hydrogen-bond acceptors (Lipinski definition) is 1. The highest BCUT2D eigenvalue weighted by atomic mass is 14.9. The van der Waals surface area contributed by atoms with E-state index in [0.717, 1.165) is 24.3 Å². The molecule has 2 fully saturated rings. The molecule has 4 unspecified atom stereocenters. The molecule has 2 aliphatic carbocycles. The van der Waals surface area contributed by atoms with Gasteiger partial charge in [0, 0.05) is 12.6 Å². The third-order valence-corrected chi connectivity index (χ3v) is 5.81. The maximum atomic E-state index is 3.65. The Balaban J connectivity index is 1.57. The van der Waals surface area contributed by atoms with E-state index in [-0.39, 0.29) is 0 Å². The standard InChI is InChI=1S/C20H31N/c1-15(2)21-14-20(17-6-4-3-5-7-17)11-10-19-13-16-8-9-18(19)12-16/h3-7,15-16,18-21H,8-14H2,1-2H3. The van der Waals surface area contributed by atoms with Crippen LogP contribution in [0.3, 0.4) is 0 Å². The average Bonchev–Trinajstić information content (AvgIpc) is 3.10. The first-order chi connectivity index (χ1) is 10.2. The molecule has 0 aromatic heterocycles. The Kier molecular flexibility index (Phi) is 5.00. The second-order valence-corrected chi connectivity index (χ2v) is 7.68. The van der Waals surface area contributed by atoms with E-state index >= 15 is 0 Å². The SMILES string of the molecule is CC(C)NCC(CCC1CC2CCC1C2)c1ccccc1. The number of benzene rings is 1. The lowest BCUT2D eigenvalue weighted by Crippen LogP contribution is -2.28. The summed E-state index contributed by atoms with van der Waals surface area (Å²) in [4.78, 5) is 0. The topological polar surface area (TPSA) is 12.0 Å². The first kappa shape index (κ1) is 15.1. The van der Waals surface area contributed by atoms with Crippen molar-refractivity contribution < 1.29 is 0 Å². The molecule has 0 aliphatic heterocycles. The highest BCUT2D eigenvalue weighted by Crippen LogP contribution is 2.50. The van der Waals surface area contributed by atoms with Crippen LogP contribution in [0.1, 0.15) is 63.9 Å². The van der Waals surface area contributed by atoms with Gasteiger partial charge in [-0.15, -0.1) is 0 Å². The number of hydrogen-bond donors (Lipinski definition) is 1. The molecule has 0 heterocycles. The van der Waals surface area contributed by atoms with Crippen LogP contribution in [-0.4, -0.2) is 12.6 Å². The summed E-state index contributed by atoms with van der Waals surface area (Å²) in [6.07, 6.45) is 8.93. The zero-order valence-corrected chi connectivity index (χ0v) is 13.7. The quantitative estimate of drug-likeness (QED) is 0.744. The van der Waals surface area contributed by atoms with Gasteiger partial charge in [0.2, 0.25) is 0 Å². The van der Waals surface area contributed by atoms with Gasteiger partial charge in [-0.25, -0.2) is 0 Å². The fourth-order valence-electron chi connectivity index (χ4n) is 4.64. The second-order valence-electron chi connectivity index (χ2n) is 7.68. The Morgan fingerprint density at radius 3 is 2.52 bits per heavy atom. The Hall–Kier alpha value is -0.820. The summed E-state index contributed by atoms with van der Waals surface area (Å²) in [6, 6.07) is 11.7. The smallest absolute Gasteiger partial charge is 0.00225 e. The number of rotatable bonds is 7. The lowest BCUT2D eigenvalue weighted by Gasteiger charge is -2.25. The monoisotopic (exact) mass is 285 g/mol. The molecule has 21 heavy (non-hydrogen) atoms. The summed E-state index contributed by atoms with van der Waals surface area (Å²) in [7, 11) is 0. The Morgan fingerprint density at radius 1 is 1.10 bits per heavy atom. The normalized spacial score (nSPS) is 29.2. The highest BCUT2D eigenvalue weighted by molar-refractivity contribution is 5.20. The minimum absolute atomic E-state index is 0.582. The van der Waals surface area contributed by atoms with E-state index in [9.17, 15) is 0 Å². The van der Waals surface area contributed by atoms with E-state index in [4.69, 9.17) is 0 Å². The molecular formula is C20H31N. The first-order valence-corrected chi connectivity index (χ1v) is 9.00. The van der Waals surface area contributed by atoms with Crippen LogP contribution in [0.2, 0.25) is 0 Å². The van der Waals surface area contributed by atoms with E-state index in [1.54, 1.807) is 6.42 Å². The van der Waals surface area contributed by atoms with Crippen LogP contribution in [0, 0.1) is 17.8 Å². The predicted molar refractivity (Wildman–Crippen MR) is 90.5 cm³/mol. The minimum atomic E-state index is 0.582. The molecule has 1 N–H and O–H groups in total. The van der Waals surface area contributed by atoms with E-state index < -0.39 is 0 Å². The molecule has 1 nitrogen and oxygen atoms in total. The van der Waals surface area contributed by atoms with Crippen molar-refractivity contribution in [3.63, 3.8) is 0 Å². The lowest BCUT2D eigenvalue weighted by atomic mass is 9.82. The Morgan fingerprint density at radius 2 is 1.90 bits per heavy atom. The molecule has 2 aliphatic rings. The molecule has 116 valence electrons. The van der Waals surface area contributed by atoms with E-state index in [1.807, 2.05) is 0 Å². The molecule has 2 bridgehead atoms. The molecule has 0 amide bonds. The molecule has 0 saturated heterocycles. The van der Waals surface area contributed by atoms with Crippen molar-refractivity contribution in [2.24, 2.45) is 17.8 Å². The first-order valence-electron chi connectivity index (χ1n) is 9.00. The van der Waals surface area contributed by atoms with Gasteiger partial charge in [0.15, 0.2) is 0 Å². The summed E-state index contributed by atoms with van der Waals surface area (Å²) in [5, 5.41) is 3.65. The van der Waals surface area contributed by atoms with Crippen molar-refractivity contribution in [1.29, 1.82) is 0 Å². The van der Waals surface area contributed by atoms with Crippen molar-refractivity contribution >= 4 is 0 Å². The van der Waals surface area contributed by atoms with Gasteiger partial charge in [0.05, 0.1) is 0 Å². The fourth-order valence-corrected chi connectivity index (χ4v) is 4.64. The molecule has 1 aromatic rings. The van der Waals surface area contributed by atoms with Crippen LogP contribution >= 0.6 is 0 Å². The minimum Gasteiger partial charge on any atom is -0.314 e. The number of fused-ring (bicyclic) bond motifs is 2. The van der Waals surface area contributed by atoms with E-state index in [2.05, 4.69) is 49.5 Å². The predicted octanol–water partition coefficient (Wildman–Crippen LogP) is 4.98. The van der Waals surface area contributed by atoms with Gasteiger partial charge in [-0.05, 0) is 61.3 Å². The van der Waals surface area contributed by atoms with Gasteiger partial charge in [-0.1, -0.05) is 50.6 Å².